The fourth-order valence-corrected chi connectivity index (χ4v) is 5.00. The van der Waals surface area contributed by atoms with E-state index in [0.29, 0.717) is 63.6 Å². The van der Waals surface area contributed by atoms with Gasteiger partial charge in [-0.3, -0.25) is 14.6 Å². The van der Waals surface area contributed by atoms with Crippen molar-refractivity contribution in [2.45, 2.75) is 24.9 Å². The molecule has 1 amide bonds. The molecular weight excluding hydrogens is 551 g/mol. The van der Waals surface area contributed by atoms with Gasteiger partial charge in [0.25, 0.3) is 5.91 Å². The predicted octanol–water partition coefficient (Wildman–Crippen LogP) is 6.89. The number of carbonyl (C=O) groups excluding carboxylic acids is 1. The molecule has 2 aliphatic rings. The number of aliphatic imine (C=N–C) groups is 1. The summed E-state index contributed by atoms with van der Waals surface area (Å²) in [6.07, 6.45) is 4.27. The maximum atomic E-state index is 12.9. The molecule has 38 heavy (non-hydrogen) atoms. The van der Waals surface area contributed by atoms with Crippen molar-refractivity contribution in [2.75, 3.05) is 6.61 Å². The third-order valence-electron chi connectivity index (χ3n) is 6.18. The van der Waals surface area contributed by atoms with E-state index in [9.17, 15) is 14.7 Å². The maximum Gasteiger partial charge on any atom is 0.311 e. The molecule has 7 nitrogen and oxygen atoms in total. The smallest absolute Gasteiger partial charge is 0.311 e. The fraction of sp³-hybridized carbons (Fsp3) is 0.179. The molecule has 194 valence electrons. The van der Waals surface area contributed by atoms with E-state index in [4.69, 9.17) is 44.3 Å². The van der Waals surface area contributed by atoms with Gasteiger partial charge in [0, 0.05) is 34.2 Å². The van der Waals surface area contributed by atoms with Gasteiger partial charge < -0.3 is 19.9 Å². The number of carbonyl (C=O) groups is 2. The summed E-state index contributed by atoms with van der Waals surface area (Å²) in [5.74, 6) is -0.681. The van der Waals surface area contributed by atoms with E-state index >= 15 is 0 Å². The topological polar surface area (TPSA) is 97.2 Å². The van der Waals surface area contributed by atoms with Crippen LogP contribution in [-0.2, 0) is 4.79 Å². The van der Waals surface area contributed by atoms with Gasteiger partial charge in [0.1, 0.15) is 23.4 Å². The number of nitrogens with one attached hydrogen (secondary N) is 1. The summed E-state index contributed by atoms with van der Waals surface area (Å²) in [7, 11) is 0. The van der Waals surface area contributed by atoms with E-state index in [-0.39, 0.29) is 10.9 Å². The van der Waals surface area contributed by atoms with Crippen LogP contribution in [0.2, 0.25) is 15.1 Å². The Morgan fingerprint density at radius 2 is 1.82 bits per heavy atom. The number of allylic oxidation sites excluding steroid dienone is 1. The second kappa shape index (κ2) is 11.1. The van der Waals surface area contributed by atoms with Gasteiger partial charge in [0.2, 0.25) is 0 Å². The number of aliphatic carboxylic acids is 1. The van der Waals surface area contributed by atoms with Crippen molar-refractivity contribution >= 4 is 52.4 Å². The van der Waals surface area contributed by atoms with Crippen LogP contribution in [-0.4, -0.2) is 35.5 Å². The molecule has 0 aliphatic carbocycles. The first-order chi connectivity index (χ1) is 18.3. The van der Waals surface area contributed by atoms with Crippen molar-refractivity contribution in [1.82, 2.24) is 5.32 Å². The van der Waals surface area contributed by atoms with Crippen molar-refractivity contribution in [3.63, 3.8) is 0 Å². The molecule has 2 unspecified atom stereocenters. The zero-order valence-corrected chi connectivity index (χ0v) is 22.1. The van der Waals surface area contributed by atoms with Crippen molar-refractivity contribution < 1.29 is 24.2 Å². The van der Waals surface area contributed by atoms with E-state index in [0.717, 1.165) is 5.56 Å². The number of carboxylic acid groups (broad SMARTS) is 1. The molecule has 0 spiro atoms. The molecule has 0 bridgehead atoms. The standard InChI is InChI=1S/C28H21Cl3N2O5/c29-16-6-9-19(21(30)12-16)23-2-1-3-26(32-23)33-27(34)15-4-7-17(8-5-15)38-25-14-24-20(13-22(25)31)18(28(35)36)10-11-37-24/h1-2,4-9,12-14,18,26H,3,10-11H2,(H,33,34)(H,35,36). The Bertz CT molecular complexity index is 1470. The van der Waals surface area contributed by atoms with Gasteiger partial charge in [-0.25, -0.2) is 0 Å². The van der Waals surface area contributed by atoms with Gasteiger partial charge in [-0.1, -0.05) is 40.9 Å². The highest BCUT2D eigenvalue weighted by molar-refractivity contribution is 6.37. The summed E-state index contributed by atoms with van der Waals surface area (Å²) < 4.78 is 11.5. The molecule has 2 heterocycles. The summed E-state index contributed by atoms with van der Waals surface area (Å²) in [5, 5.41) is 13.7. The normalized spacial score (nSPS) is 18.1. The van der Waals surface area contributed by atoms with Crippen LogP contribution in [0, 0.1) is 0 Å². The number of nitrogens with zero attached hydrogens (tertiary/aromatic N) is 1. The zero-order chi connectivity index (χ0) is 26.8. The number of rotatable bonds is 6. The molecule has 2 atom stereocenters. The fourth-order valence-electron chi connectivity index (χ4n) is 4.28. The van der Waals surface area contributed by atoms with Crippen LogP contribution < -0.4 is 14.8 Å². The number of halogens is 3. The SMILES string of the molecule is O=C(NC1CC=CC(c2ccc(Cl)cc2Cl)=N1)c1ccc(Oc2cc3c(cc2Cl)C(C(=O)O)CCO3)cc1. The highest BCUT2D eigenvalue weighted by Crippen LogP contribution is 2.41. The lowest BCUT2D eigenvalue weighted by Gasteiger charge is -2.24. The number of benzene rings is 3. The van der Waals surface area contributed by atoms with E-state index in [1.165, 1.54) is 0 Å². The molecule has 0 fully saturated rings. The number of dihydropyridines is 1. The summed E-state index contributed by atoms with van der Waals surface area (Å²) in [6.45, 7) is 0.296. The summed E-state index contributed by atoms with van der Waals surface area (Å²) in [4.78, 5) is 29.0. The first kappa shape index (κ1) is 26.1. The minimum atomic E-state index is -0.923. The number of ether oxygens (including phenoxy) is 2. The average molecular weight is 572 g/mol. The molecule has 3 aromatic rings. The van der Waals surface area contributed by atoms with Gasteiger partial charge in [0.05, 0.1) is 28.3 Å². The van der Waals surface area contributed by atoms with Gasteiger partial charge in [-0.2, -0.15) is 0 Å². The van der Waals surface area contributed by atoms with Crippen LogP contribution in [0.15, 0.2) is 71.7 Å². The molecule has 0 radical (unpaired) electrons. The van der Waals surface area contributed by atoms with Crippen molar-refractivity contribution in [2.24, 2.45) is 4.99 Å². The zero-order valence-electron chi connectivity index (χ0n) is 19.8. The Balaban J connectivity index is 1.26. The molecule has 10 heteroatoms. The number of hydrogen-bond acceptors (Lipinski definition) is 5. The number of hydrogen-bond donors (Lipinski definition) is 2. The van der Waals surface area contributed by atoms with Gasteiger partial charge in [-0.15, -0.1) is 0 Å². The van der Waals surface area contributed by atoms with E-state index in [1.54, 1.807) is 54.6 Å². The van der Waals surface area contributed by atoms with Gasteiger partial charge in [0.15, 0.2) is 0 Å². The molecule has 0 aromatic heterocycles. The van der Waals surface area contributed by atoms with E-state index < -0.39 is 18.1 Å². The van der Waals surface area contributed by atoms with Crippen molar-refractivity contribution in [3.05, 3.63) is 98.5 Å². The van der Waals surface area contributed by atoms with Gasteiger partial charge in [-0.05, 0) is 61.0 Å². The third kappa shape index (κ3) is 5.65. The Morgan fingerprint density at radius 1 is 1.03 bits per heavy atom. The molecule has 2 N–H and O–H groups in total. The van der Waals surface area contributed by atoms with Gasteiger partial charge >= 0.3 is 5.97 Å². The Kier molecular flexibility index (Phi) is 7.61. The molecule has 2 aliphatic heterocycles. The Morgan fingerprint density at radius 3 is 2.55 bits per heavy atom. The molecular formula is C28H21Cl3N2O5. The first-order valence-electron chi connectivity index (χ1n) is 11.8. The molecule has 0 saturated heterocycles. The first-order valence-corrected chi connectivity index (χ1v) is 12.9. The monoisotopic (exact) mass is 570 g/mol. The van der Waals surface area contributed by atoms with Crippen LogP contribution in [0.5, 0.6) is 17.2 Å². The predicted molar refractivity (Wildman–Crippen MR) is 146 cm³/mol. The highest BCUT2D eigenvalue weighted by atomic mass is 35.5. The third-order valence-corrected chi connectivity index (χ3v) is 7.02. The second-order valence-electron chi connectivity index (χ2n) is 8.74. The van der Waals surface area contributed by atoms with Crippen LogP contribution >= 0.6 is 34.8 Å². The molecule has 3 aromatic carbocycles. The lowest BCUT2D eigenvalue weighted by molar-refractivity contribution is -0.139. The lowest BCUT2D eigenvalue weighted by Crippen LogP contribution is -2.35. The summed E-state index contributed by atoms with van der Waals surface area (Å²) in [6, 6.07) is 14.9. The van der Waals surface area contributed by atoms with Crippen molar-refractivity contribution in [1.29, 1.82) is 0 Å². The quantitative estimate of drug-likeness (QED) is 0.336. The number of carboxylic acids is 1. The number of amides is 1. The minimum absolute atomic E-state index is 0.266. The Hall–Kier alpha value is -3.52. The molecule has 0 saturated carbocycles. The summed E-state index contributed by atoms with van der Waals surface area (Å²) >= 11 is 18.7. The summed E-state index contributed by atoms with van der Waals surface area (Å²) in [5.41, 5.74) is 2.34. The highest BCUT2D eigenvalue weighted by Gasteiger charge is 2.29. The lowest BCUT2D eigenvalue weighted by atomic mass is 9.93. The van der Waals surface area contributed by atoms with E-state index in [1.807, 2.05) is 12.2 Å². The average Bonchev–Trinajstić information content (AvgIpc) is 2.89. The van der Waals surface area contributed by atoms with Crippen molar-refractivity contribution in [3.8, 4) is 17.2 Å². The van der Waals surface area contributed by atoms with Crippen LogP contribution in [0.25, 0.3) is 0 Å². The Labute approximate surface area is 233 Å². The largest absolute Gasteiger partial charge is 0.493 e. The van der Waals surface area contributed by atoms with E-state index in [2.05, 4.69) is 10.3 Å². The number of fused-ring (bicyclic) bond motifs is 1. The van der Waals surface area contributed by atoms with Crippen LogP contribution in [0.1, 0.15) is 40.2 Å². The van der Waals surface area contributed by atoms with Crippen LogP contribution in [0.3, 0.4) is 0 Å². The molecule has 5 rings (SSSR count). The van der Waals surface area contributed by atoms with Crippen LogP contribution in [0.4, 0.5) is 0 Å². The minimum Gasteiger partial charge on any atom is -0.493 e. The maximum absolute atomic E-state index is 12.9. The second-order valence-corrected chi connectivity index (χ2v) is 9.99.